The summed E-state index contributed by atoms with van der Waals surface area (Å²) in [5.41, 5.74) is 4.42. The number of fused-ring (bicyclic) bond motifs is 2. The van der Waals surface area contributed by atoms with Crippen molar-refractivity contribution in [2.45, 2.75) is 45.6 Å². The van der Waals surface area contributed by atoms with Gasteiger partial charge in [-0.15, -0.1) is 0 Å². The Labute approximate surface area is 150 Å². The first-order valence-corrected chi connectivity index (χ1v) is 9.17. The highest BCUT2D eigenvalue weighted by molar-refractivity contribution is 7.80. The van der Waals surface area contributed by atoms with E-state index < -0.39 is 0 Å². The molecule has 2 saturated carbocycles. The summed E-state index contributed by atoms with van der Waals surface area (Å²) in [6.45, 7) is 7.07. The summed E-state index contributed by atoms with van der Waals surface area (Å²) in [5.74, 6) is 1.51. The Morgan fingerprint density at radius 1 is 1.17 bits per heavy atom. The highest BCUT2D eigenvalue weighted by atomic mass is 32.1. The van der Waals surface area contributed by atoms with Gasteiger partial charge in [-0.1, -0.05) is 50.3 Å². The van der Waals surface area contributed by atoms with Gasteiger partial charge in [0.1, 0.15) is 0 Å². The van der Waals surface area contributed by atoms with Crippen LogP contribution >= 0.6 is 12.2 Å². The average molecular weight is 342 g/mol. The van der Waals surface area contributed by atoms with Crippen molar-refractivity contribution in [3.8, 4) is 0 Å². The van der Waals surface area contributed by atoms with Gasteiger partial charge in [-0.25, -0.2) is 0 Å². The SMILES string of the molecule is CC1(C)[C@H]2CC[C@@H](C2)[C@]1(C)NC(=S)N/N=C\C=C\c1ccccc1. The Hall–Kier alpha value is -1.68. The number of hydrazone groups is 1. The molecule has 1 aromatic carbocycles. The van der Waals surface area contributed by atoms with Crippen LogP contribution in [0.3, 0.4) is 0 Å². The zero-order chi connectivity index (χ0) is 17.2. The summed E-state index contributed by atoms with van der Waals surface area (Å²) >= 11 is 5.46. The highest BCUT2D eigenvalue weighted by Crippen LogP contribution is 2.61. The van der Waals surface area contributed by atoms with E-state index in [0.717, 1.165) is 11.5 Å². The fraction of sp³-hybridized carbons (Fsp3) is 0.500. The zero-order valence-electron chi connectivity index (χ0n) is 14.8. The molecular weight excluding hydrogens is 314 g/mol. The number of allylic oxidation sites excluding steroid dienone is 1. The van der Waals surface area contributed by atoms with Crippen molar-refractivity contribution in [2.24, 2.45) is 22.4 Å². The molecular formula is C20H27N3S. The third-order valence-electron chi connectivity index (χ3n) is 6.40. The first-order valence-electron chi connectivity index (χ1n) is 8.76. The molecule has 2 aliphatic carbocycles. The van der Waals surface area contributed by atoms with E-state index in [2.05, 4.69) is 48.7 Å². The van der Waals surface area contributed by atoms with Crippen LogP contribution in [0.25, 0.3) is 6.08 Å². The monoisotopic (exact) mass is 341 g/mol. The predicted octanol–water partition coefficient (Wildman–Crippen LogP) is 4.36. The van der Waals surface area contributed by atoms with Crippen LogP contribution in [0.1, 0.15) is 45.6 Å². The maximum atomic E-state index is 5.46. The van der Waals surface area contributed by atoms with Gasteiger partial charge in [-0.3, -0.25) is 5.43 Å². The number of benzene rings is 1. The molecule has 3 nitrogen and oxygen atoms in total. The van der Waals surface area contributed by atoms with Crippen LogP contribution in [-0.2, 0) is 0 Å². The molecule has 2 aliphatic rings. The van der Waals surface area contributed by atoms with Crippen LogP contribution in [0.2, 0.25) is 0 Å². The van der Waals surface area contributed by atoms with Crippen LogP contribution in [0.15, 0.2) is 41.5 Å². The molecule has 0 radical (unpaired) electrons. The van der Waals surface area contributed by atoms with Crippen LogP contribution in [0, 0.1) is 17.3 Å². The quantitative estimate of drug-likeness (QED) is 0.485. The molecule has 2 fully saturated rings. The van der Waals surface area contributed by atoms with Gasteiger partial charge >= 0.3 is 0 Å². The largest absolute Gasteiger partial charge is 0.355 e. The second kappa shape index (κ2) is 6.67. The maximum absolute atomic E-state index is 5.46. The molecule has 0 amide bonds. The number of nitrogens with one attached hydrogen (secondary N) is 2. The molecule has 24 heavy (non-hydrogen) atoms. The van der Waals surface area contributed by atoms with Crippen LogP contribution in [0.4, 0.5) is 0 Å². The minimum absolute atomic E-state index is 0.0510. The van der Waals surface area contributed by atoms with Crippen molar-refractivity contribution in [3.63, 3.8) is 0 Å². The fourth-order valence-electron chi connectivity index (χ4n) is 4.50. The number of rotatable bonds is 4. The Bertz CT molecular complexity index is 650. The van der Waals surface area contributed by atoms with E-state index in [1.807, 2.05) is 30.4 Å². The van der Waals surface area contributed by atoms with Gasteiger partial charge < -0.3 is 5.32 Å². The van der Waals surface area contributed by atoms with E-state index in [4.69, 9.17) is 12.2 Å². The van der Waals surface area contributed by atoms with Gasteiger partial charge in [-0.2, -0.15) is 5.10 Å². The Morgan fingerprint density at radius 3 is 2.54 bits per heavy atom. The van der Waals surface area contributed by atoms with Crippen molar-refractivity contribution in [2.75, 3.05) is 0 Å². The molecule has 128 valence electrons. The third-order valence-corrected chi connectivity index (χ3v) is 6.59. The second-order valence-electron chi connectivity index (χ2n) is 7.74. The smallest absolute Gasteiger partial charge is 0.187 e. The molecule has 0 saturated heterocycles. The molecule has 3 rings (SSSR count). The Balaban J connectivity index is 1.53. The predicted molar refractivity (Wildman–Crippen MR) is 106 cm³/mol. The topological polar surface area (TPSA) is 36.4 Å². The van der Waals surface area contributed by atoms with E-state index in [9.17, 15) is 0 Å². The molecule has 0 unspecified atom stereocenters. The van der Waals surface area contributed by atoms with Crippen molar-refractivity contribution < 1.29 is 0 Å². The van der Waals surface area contributed by atoms with Gasteiger partial charge in [0.25, 0.3) is 0 Å². The molecule has 3 atom stereocenters. The summed E-state index contributed by atoms with van der Waals surface area (Å²) in [5, 5.41) is 8.39. The van der Waals surface area contributed by atoms with E-state index in [0.29, 0.717) is 11.0 Å². The van der Waals surface area contributed by atoms with Gasteiger partial charge in [0.15, 0.2) is 5.11 Å². The summed E-state index contributed by atoms with van der Waals surface area (Å²) < 4.78 is 0. The normalized spacial score (nSPS) is 31.0. The maximum Gasteiger partial charge on any atom is 0.187 e. The van der Waals surface area contributed by atoms with E-state index in [1.54, 1.807) is 6.21 Å². The lowest BCUT2D eigenvalue weighted by Gasteiger charge is -2.48. The minimum Gasteiger partial charge on any atom is -0.355 e. The molecule has 0 aromatic heterocycles. The molecule has 0 heterocycles. The number of nitrogens with zero attached hydrogens (tertiary/aromatic N) is 1. The Morgan fingerprint density at radius 2 is 1.88 bits per heavy atom. The van der Waals surface area contributed by atoms with Crippen molar-refractivity contribution >= 4 is 29.6 Å². The van der Waals surface area contributed by atoms with Gasteiger partial charge in [-0.05, 0) is 67.3 Å². The molecule has 2 N–H and O–H groups in total. The van der Waals surface area contributed by atoms with Crippen molar-refractivity contribution in [1.82, 2.24) is 10.7 Å². The molecule has 2 bridgehead atoms. The summed E-state index contributed by atoms with van der Waals surface area (Å²) in [6, 6.07) is 10.2. The summed E-state index contributed by atoms with van der Waals surface area (Å²) in [4.78, 5) is 0. The number of hydrogen-bond acceptors (Lipinski definition) is 2. The lowest BCUT2D eigenvalue weighted by molar-refractivity contribution is 0.0833. The zero-order valence-corrected chi connectivity index (χ0v) is 15.6. The number of thiocarbonyl (C=S) groups is 1. The lowest BCUT2D eigenvalue weighted by atomic mass is 9.64. The van der Waals surface area contributed by atoms with Crippen LogP contribution in [-0.4, -0.2) is 16.9 Å². The van der Waals surface area contributed by atoms with E-state index >= 15 is 0 Å². The highest BCUT2D eigenvalue weighted by Gasteiger charge is 2.60. The number of hydrogen-bond donors (Lipinski definition) is 2. The van der Waals surface area contributed by atoms with Crippen molar-refractivity contribution in [3.05, 3.63) is 42.0 Å². The summed E-state index contributed by atoms with van der Waals surface area (Å²) in [6.07, 6.45) is 9.65. The average Bonchev–Trinajstić information content (AvgIpc) is 3.11. The van der Waals surface area contributed by atoms with Gasteiger partial charge in [0.2, 0.25) is 0 Å². The Kier molecular flexibility index (Phi) is 4.77. The molecule has 4 heteroatoms. The molecule has 0 spiro atoms. The fourth-order valence-corrected chi connectivity index (χ4v) is 4.76. The van der Waals surface area contributed by atoms with Gasteiger partial charge in [0, 0.05) is 11.8 Å². The van der Waals surface area contributed by atoms with Crippen molar-refractivity contribution in [1.29, 1.82) is 0 Å². The minimum atomic E-state index is 0.0510. The van der Waals surface area contributed by atoms with E-state index in [1.165, 1.54) is 19.3 Å². The third kappa shape index (κ3) is 3.12. The van der Waals surface area contributed by atoms with Crippen LogP contribution in [0.5, 0.6) is 0 Å². The second-order valence-corrected chi connectivity index (χ2v) is 8.15. The standard InChI is InChI=1S/C20H27N3S/c1-19(2)16-11-12-17(14-16)20(19,3)22-18(24)23-21-13-7-10-15-8-5-4-6-9-15/h4-10,13,16-17H,11-12,14H2,1-3H3,(H2,22,23,24)/b10-7+,21-13-/t16-,17-,20-/m0/s1. The molecule has 1 aromatic rings. The first kappa shape index (κ1) is 17.2. The van der Waals surface area contributed by atoms with Crippen LogP contribution < -0.4 is 10.7 Å². The molecule has 0 aliphatic heterocycles. The van der Waals surface area contributed by atoms with E-state index in [-0.39, 0.29) is 11.0 Å². The summed E-state index contributed by atoms with van der Waals surface area (Å²) in [7, 11) is 0. The first-order chi connectivity index (χ1) is 11.4. The lowest BCUT2D eigenvalue weighted by Crippen LogP contribution is -2.60. The van der Waals surface area contributed by atoms with Gasteiger partial charge in [0.05, 0.1) is 0 Å².